The van der Waals surface area contributed by atoms with Gasteiger partial charge >= 0.3 is 0 Å². The molecule has 0 saturated heterocycles. The van der Waals surface area contributed by atoms with Crippen LogP contribution in [-0.2, 0) is 11.3 Å². The number of nitrogens with one attached hydrogen (secondary N) is 2. The molecule has 0 aliphatic heterocycles. The summed E-state index contributed by atoms with van der Waals surface area (Å²) in [6, 6.07) is 8.92. The van der Waals surface area contributed by atoms with Crippen molar-refractivity contribution in [3.63, 3.8) is 0 Å². The number of rotatable bonds is 6. The number of hydrogen-bond acceptors (Lipinski definition) is 4. The zero-order chi connectivity index (χ0) is 16.8. The van der Waals surface area contributed by atoms with Gasteiger partial charge in [0.15, 0.2) is 0 Å². The third kappa shape index (κ3) is 4.91. The predicted molar refractivity (Wildman–Crippen MR) is 93.9 cm³/mol. The molecule has 23 heavy (non-hydrogen) atoms. The van der Waals surface area contributed by atoms with Crippen molar-refractivity contribution >= 4 is 28.8 Å². The van der Waals surface area contributed by atoms with E-state index in [0.717, 1.165) is 6.54 Å². The third-order valence-electron chi connectivity index (χ3n) is 3.45. The Kier molecular flexibility index (Phi) is 5.90. The number of carbonyl (C=O) groups excluding carboxylic acids is 2. The van der Waals surface area contributed by atoms with Gasteiger partial charge in [-0.1, -0.05) is 0 Å². The van der Waals surface area contributed by atoms with Crippen LogP contribution in [0.2, 0.25) is 0 Å². The first-order valence-electron chi connectivity index (χ1n) is 7.33. The standard InChI is InChI=1S/C17H21N3O2S/c1-12-8-9-23-15(12)10-20(3)11-16(21)19-14-6-4-13(5-7-14)17(22)18-2/h4-9H,10-11H2,1-3H3,(H,18,22)(H,19,21). The molecular weight excluding hydrogens is 310 g/mol. The second kappa shape index (κ2) is 7.89. The zero-order valence-corrected chi connectivity index (χ0v) is 14.4. The highest BCUT2D eigenvalue weighted by atomic mass is 32.1. The largest absolute Gasteiger partial charge is 0.355 e. The minimum Gasteiger partial charge on any atom is -0.355 e. The summed E-state index contributed by atoms with van der Waals surface area (Å²) in [5.74, 6) is -0.219. The van der Waals surface area contributed by atoms with Gasteiger partial charge in [0.25, 0.3) is 5.91 Å². The van der Waals surface area contributed by atoms with Crippen LogP contribution in [-0.4, -0.2) is 37.4 Å². The summed E-state index contributed by atoms with van der Waals surface area (Å²) >= 11 is 1.70. The van der Waals surface area contributed by atoms with E-state index in [1.807, 2.05) is 11.9 Å². The molecule has 5 nitrogen and oxygen atoms in total. The minimum absolute atomic E-state index is 0.0746. The van der Waals surface area contributed by atoms with Crippen LogP contribution in [0.1, 0.15) is 20.8 Å². The number of benzene rings is 1. The minimum atomic E-state index is -0.145. The van der Waals surface area contributed by atoms with E-state index in [0.29, 0.717) is 17.8 Å². The Morgan fingerprint density at radius 3 is 2.43 bits per heavy atom. The second-order valence-corrected chi connectivity index (χ2v) is 6.40. The van der Waals surface area contributed by atoms with E-state index in [4.69, 9.17) is 0 Å². The van der Waals surface area contributed by atoms with Crippen molar-refractivity contribution in [2.45, 2.75) is 13.5 Å². The third-order valence-corrected chi connectivity index (χ3v) is 4.46. The van der Waals surface area contributed by atoms with Crippen molar-refractivity contribution in [3.05, 3.63) is 51.7 Å². The van der Waals surface area contributed by atoms with Crippen molar-refractivity contribution in [2.24, 2.45) is 0 Å². The van der Waals surface area contributed by atoms with Crippen LogP contribution in [0.25, 0.3) is 0 Å². The lowest BCUT2D eigenvalue weighted by atomic mass is 10.2. The van der Waals surface area contributed by atoms with Gasteiger partial charge in [0.2, 0.25) is 5.91 Å². The Hall–Kier alpha value is -2.18. The van der Waals surface area contributed by atoms with Crippen LogP contribution < -0.4 is 10.6 Å². The molecule has 0 aliphatic rings. The molecule has 2 rings (SSSR count). The van der Waals surface area contributed by atoms with Crippen LogP contribution in [0.3, 0.4) is 0 Å². The smallest absolute Gasteiger partial charge is 0.251 e. The molecule has 0 bridgehead atoms. The van der Waals surface area contributed by atoms with E-state index < -0.39 is 0 Å². The van der Waals surface area contributed by atoms with Crippen LogP contribution >= 0.6 is 11.3 Å². The lowest BCUT2D eigenvalue weighted by Crippen LogP contribution is -2.29. The first-order valence-corrected chi connectivity index (χ1v) is 8.21. The van der Waals surface area contributed by atoms with Gasteiger partial charge < -0.3 is 10.6 Å². The van der Waals surface area contributed by atoms with Crippen LogP contribution in [0.15, 0.2) is 35.7 Å². The fourth-order valence-corrected chi connectivity index (χ4v) is 3.15. The molecule has 2 amide bonds. The van der Waals surface area contributed by atoms with Crippen molar-refractivity contribution in [3.8, 4) is 0 Å². The number of carbonyl (C=O) groups is 2. The van der Waals surface area contributed by atoms with Gasteiger partial charge in [0.1, 0.15) is 0 Å². The van der Waals surface area contributed by atoms with Crippen molar-refractivity contribution in [1.82, 2.24) is 10.2 Å². The topological polar surface area (TPSA) is 61.4 Å². The molecule has 0 spiro atoms. The highest BCUT2D eigenvalue weighted by Gasteiger charge is 2.10. The number of likely N-dealkylation sites (N-methyl/N-ethyl adjacent to an activating group) is 1. The normalized spacial score (nSPS) is 10.6. The van der Waals surface area contributed by atoms with E-state index in [1.54, 1.807) is 42.6 Å². The highest BCUT2D eigenvalue weighted by molar-refractivity contribution is 7.10. The summed E-state index contributed by atoms with van der Waals surface area (Å²) in [6.45, 7) is 3.15. The molecule has 0 saturated carbocycles. The van der Waals surface area contributed by atoms with Crippen molar-refractivity contribution in [1.29, 1.82) is 0 Å². The zero-order valence-electron chi connectivity index (χ0n) is 13.6. The molecule has 1 heterocycles. The molecule has 122 valence electrons. The molecule has 0 aliphatic carbocycles. The summed E-state index contributed by atoms with van der Waals surface area (Å²) in [6.07, 6.45) is 0. The van der Waals surface area contributed by atoms with Gasteiger partial charge in [0.05, 0.1) is 6.54 Å². The first kappa shape index (κ1) is 17.2. The van der Waals surface area contributed by atoms with Gasteiger partial charge in [-0.25, -0.2) is 0 Å². The van der Waals surface area contributed by atoms with Gasteiger partial charge in [-0.2, -0.15) is 0 Å². The Labute approximate surface area is 140 Å². The molecule has 2 N–H and O–H groups in total. The van der Waals surface area contributed by atoms with E-state index in [2.05, 4.69) is 29.0 Å². The number of anilines is 1. The molecule has 1 aromatic heterocycles. The van der Waals surface area contributed by atoms with Crippen LogP contribution in [0.4, 0.5) is 5.69 Å². The number of nitrogens with zero attached hydrogens (tertiary/aromatic N) is 1. The van der Waals surface area contributed by atoms with Gasteiger partial charge in [-0.05, 0) is 55.2 Å². The summed E-state index contributed by atoms with van der Waals surface area (Å²) in [5, 5.41) is 7.47. The van der Waals surface area contributed by atoms with Gasteiger partial charge in [-0.15, -0.1) is 11.3 Å². The molecule has 1 aromatic carbocycles. The molecule has 0 atom stereocenters. The molecular formula is C17H21N3O2S. The Bertz CT molecular complexity index is 679. The maximum absolute atomic E-state index is 12.1. The number of hydrogen-bond donors (Lipinski definition) is 2. The summed E-state index contributed by atoms with van der Waals surface area (Å²) in [4.78, 5) is 26.8. The molecule has 2 aromatic rings. The molecule has 0 unspecified atom stereocenters. The predicted octanol–water partition coefficient (Wildman–Crippen LogP) is 2.49. The van der Waals surface area contributed by atoms with Gasteiger partial charge in [-0.3, -0.25) is 14.5 Å². The molecule has 0 fully saturated rings. The number of thiophene rings is 1. The maximum Gasteiger partial charge on any atom is 0.251 e. The average Bonchev–Trinajstić information content (AvgIpc) is 2.92. The van der Waals surface area contributed by atoms with Crippen molar-refractivity contribution < 1.29 is 9.59 Å². The van der Waals surface area contributed by atoms with E-state index in [-0.39, 0.29) is 11.8 Å². The second-order valence-electron chi connectivity index (χ2n) is 5.40. The number of aryl methyl sites for hydroxylation is 1. The highest BCUT2D eigenvalue weighted by Crippen LogP contribution is 2.17. The Morgan fingerprint density at radius 2 is 1.87 bits per heavy atom. The fraction of sp³-hybridized carbons (Fsp3) is 0.294. The summed E-state index contributed by atoms with van der Waals surface area (Å²) in [7, 11) is 3.51. The molecule has 6 heteroatoms. The van der Waals surface area contributed by atoms with E-state index in [9.17, 15) is 9.59 Å². The van der Waals surface area contributed by atoms with Crippen molar-refractivity contribution in [2.75, 3.05) is 26.0 Å². The fourth-order valence-electron chi connectivity index (χ4n) is 2.16. The first-order chi connectivity index (χ1) is 11.0. The van der Waals surface area contributed by atoms with E-state index >= 15 is 0 Å². The SMILES string of the molecule is CNC(=O)c1ccc(NC(=O)CN(C)Cc2sccc2C)cc1. The summed E-state index contributed by atoms with van der Waals surface area (Å²) < 4.78 is 0. The Balaban J connectivity index is 1.86. The lowest BCUT2D eigenvalue weighted by molar-refractivity contribution is -0.117. The maximum atomic E-state index is 12.1. The average molecular weight is 331 g/mol. The number of amides is 2. The van der Waals surface area contributed by atoms with E-state index in [1.165, 1.54) is 10.4 Å². The van der Waals surface area contributed by atoms with Gasteiger partial charge in [0, 0.05) is 29.7 Å². The summed E-state index contributed by atoms with van der Waals surface area (Å²) in [5.41, 5.74) is 2.51. The lowest BCUT2D eigenvalue weighted by Gasteiger charge is -2.16. The Morgan fingerprint density at radius 1 is 1.17 bits per heavy atom. The quantitative estimate of drug-likeness (QED) is 0.855. The molecule has 0 radical (unpaired) electrons. The van der Waals surface area contributed by atoms with Crippen LogP contribution in [0, 0.1) is 6.92 Å². The monoisotopic (exact) mass is 331 g/mol. The van der Waals surface area contributed by atoms with Crippen LogP contribution in [0.5, 0.6) is 0 Å².